The van der Waals surface area contributed by atoms with Crippen molar-refractivity contribution in [1.29, 1.82) is 0 Å². The lowest BCUT2D eigenvalue weighted by atomic mass is 10.0. The van der Waals surface area contributed by atoms with E-state index >= 15 is 0 Å². The molecule has 0 fully saturated rings. The van der Waals surface area contributed by atoms with E-state index in [1.807, 2.05) is 18.2 Å². The lowest BCUT2D eigenvalue weighted by Gasteiger charge is -2.19. The summed E-state index contributed by atoms with van der Waals surface area (Å²) in [7, 11) is 0. The Kier molecular flexibility index (Phi) is 3.85. The van der Waals surface area contributed by atoms with E-state index in [1.54, 1.807) is 0 Å². The molecule has 0 bridgehead atoms. The number of hydrogen-bond acceptors (Lipinski definition) is 2. The molecular weight excluding hydrogens is 210 g/mol. The highest BCUT2D eigenvalue weighted by Crippen LogP contribution is 2.19. The van der Waals surface area contributed by atoms with Crippen molar-refractivity contribution < 1.29 is 4.42 Å². The monoisotopic (exact) mass is 231 g/mol. The van der Waals surface area contributed by atoms with Crippen LogP contribution in [-0.4, -0.2) is 6.04 Å². The molecule has 0 saturated carbocycles. The lowest BCUT2D eigenvalue weighted by molar-refractivity contribution is 0.373. The minimum atomic E-state index is 0.521. The molecule has 17 heavy (non-hydrogen) atoms. The Bertz CT molecular complexity index is 441. The molecule has 2 heteroatoms. The predicted octanol–water partition coefficient (Wildman–Crippen LogP) is 3.96. The maximum atomic E-state index is 5.77. The van der Waals surface area contributed by atoms with Crippen molar-refractivity contribution in [3.05, 3.63) is 36.1 Å². The fourth-order valence-electron chi connectivity index (χ4n) is 1.94. The molecule has 2 rings (SSSR count). The summed E-state index contributed by atoms with van der Waals surface area (Å²) in [6.45, 7) is 7.54. The second kappa shape index (κ2) is 5.37. The minimum Gasteiger partial charge on any atom is -0.460 e. The average Bonchev–Trinajstić information content (AvgIpc) is 2.77. The van der Waals surface area contributed by atoms with Crippen LogP contribution < -0.4 is 5.32 Å². The smallest absolute Gasteiger partial charge is 0.134 e. The number of nitrogens with one attached hydrogen (secondary N) is 1. The van der Waals surface area contributed by atoms with Crippen LogP contribution in [0, 0.1) is 5.92 Å². The van der Waals surface area contributed by atoms with Crippen LogP contribution in [0.5, 0.6) is 0 Å². The van der Waals surface area contributed by atoms with Gasteiger partial charge in [-0.15, -0.1) is 0 Å². The predicted molar refractivity (Wildman–Crippen MR) is 72.0 cm³/mol. The number of furan rings is 1. The third-order valence-corrected chi connectivity index (χ3v) is 3.57. The zero-order chi connectivity index (χ0) is 12.3. The quantitative estimate of drug-likeness (QED) is 0.842. The van der Waals surface area contributed by atoms with E-state index in [4.69, 9.17) is 4.42 Å². The van der Waals surface area contributed by atoms with Gasteiger partial charge < -0.3 is 9.73 Å². The maximum absolute atomic E-state index is 5.77. The SMILES string of the molecule is CCC(C)C(C)NCc1cc2ccccc2o1. The zero-order valence-corrected chi connectivity index (χ0v) is 10.9. The first-order valence-corrected chi connectivity index (χ1v) is 6.41. The van der Waals surface area contributed by atoms with Crippen LogP contribution in [0.15, 0.2) is 34.7 Å². The van der Waals surface area contributed by atoms with E-state index < -0.39 is 0 Å². The molecule has 0 amide bonds. The Balaban J connectivity index is 1.99. The molecule has 0 spiro atoms. The van der Waals surface area contributed by atoms with E-state index in [2.05, 4.69) is 38.2 Å². The molecule has 92 valence electrons. The number of para-hydroxylation sites is 1. The van der Waals surface area contributed by atoms with Crippen molar-refractivity contribution in [3.8, 4) is 0 Å². The Morgan fingerprint density at radius 2 is 2.00 bits per heavy atom. The molecule has 1 aromatic heterocycles. The second-order valence-electron chi connectivity index (χ2n) is 4.81. The molecule has 0 radical (unpaired) electrons. The molecule has 1 aromatic carbocycles. The van der Waals surface area contributed by atoms with Crippen molar-refractivity contribution in [2.45, 2.75) is 39.8 Å². The Labute approximate surface area is 103 Å². The Morgan fingerprint density at radius 3 is 2.71 bits per heavy atom. The Hall–Kier alpha value is -1.28. The van der Waals surface area contributed by atoms with Crippen LogP contribution in [0.2, 0.25) is 0 Å². The molecule has 0 aliphatic carbocycles. The number of hydrogen-bond donors (Lipinski definition) is 1. The fourth-order valence-corrected chi connectivity index (χ4v) is 1.94. The second-order valence-corrected chi connectivity index (χ2v) is 4.81. The first-order valence-electron chi connectivity index (χ1n) is 6.41. The van der Waals surface area contributed by atoms with Crippen molar-refractivity contribution in [1.82, 2.24) is 5.32 Å². The van der Waals surface area contributed by atoms with E-state index in [9.17, 15) is 0 Å². The van der Waals surface area contributed by atoms with E-state index in [1.165, 1.54) is 11.8 Å². The van der Waals surface area contributed by atoms with Crippen molar-refractivity contribution >= 4 is 11.0 Å². The average molecular weight is 231 g/mol. The molecule has 2 nitrogen and oxygen atoms in total. The van der Waals surface area contributed by atoms with Crippen LogP contribution in [0.4, 0.5) is 0 Å². The molecule has 0 aliphatic rings. The molecule has 0 saturated heterocycles. The van der Waals surface area contributed by atoms with E-state index in [0.717, 1.165) is 17.9 Å². The third kappa shape index (κ3) is 2.89. The topological polar surface area (TPSA) is 25.2 Å². The molecule has 2 atom stereocenters. The summed E-state index contributed by atoms with van der Waals surface area (Å²) >= 11 is 0. The highest BCUT2D eigenvalue weighted by molar-refractivity contribution is 5.77. The van der Waals surface area contributed by atoms with Gasteiger partial charge in [0, 0.05) is 11.4 Å². The normalized spacial score (nSPS) is 15.0. The first-order chi connectivity index (χ1) is 8.20. The fraction of sp³-hybridized carbons (Fsp3) is 0.467. The summed E-state index contributed by atoms with van der Waals surface area (Å²) in [5.41, 5.74) is 0.973. The molecule has 1 N–H and O–H groups in total. The van der Waals surface area contributed by atoms with Gasteiger partial charge in [0.2, 0.25) is 0 Å². The summed E-state index contributed by atoms with van der Waals surface area (Å²) in [6, 6.07) is 10.8. The van der Waals surface area contributed by atoms with Gasteiger partial charge in [0.05, 0.1) is 6.54 Å². The van der Waals surface area contributed by atoms with Crippen molar-refractivity contribution in [2.75, 3.05) is 0 Å². The van der Waals surface area contributed by atoms with Gasteiger partial charge in [0.25, 0.3) is 0 Å². The van der Waals surface area contributed by atoms with Gasteiger partial charge >= 0.3 is 0 Å². The van der Waals surface area contributed by atoms with Crippen LogP contribution in [-0.2, 0) is 6.54 Å². The molecule has 1 heterocycles. The minimum absolute atomic E-state index is 0.521. The van der Waals surface area contributed by atoms with E-state index in [-0.39, 0.29) is 0 Å². The molecule has 2 aromatic rings. The van der Waals surface area contributed by atoms with Crippen LogP contribution in [0.3, 0.4) is 0 Å². The van der Waals surface area contributed by atoms with Crippen LogP contribution in [0.1, 0.15) is 33.0 Å². The number of benzene rings is 1. The summed E-state index contributed by atoms with van der Waals surface area (Å²) in [4.78, 5) is 0. The summed E-state index contributed by atoms with van der Waals surface area (Å²) in [5.74, 6) is 1.71. The molecule has 2 unspecified atom stereocenters. The summed E-state index contributed by atoms with van der Waals surface area (Å²) < 4.78 is 5.77. The molecular formula is C15H21NO. The first kappa shape index (κ1) is 12.2. The highest BCUT2D eigenvalue weighted by atomic mass is 16.3. The maximum Gasteiger partial charge on any atom is 0.134 e. The van der Waals surface area contributed by atoms with Crippen LogP contribution in [0.25, 0.3) is 11.0 Å². The largest absolute Gasteiger partial charge is 0.460 e. The third-order valence-electron chi connectivity index (χ3n) is 3.57. The standard InChI is InChI=1S/C15H21NO/c1-4-11(2)12(3)16-10-14-9-13-7-5-6-8-15(13)17-14/h5-9,11-12,16H,4,10H2,1-3H3. The summed E-state index contributed by atoms with van der Waals surface area (Å²) in [6.07, 6.45) is 1.20. The van der Waals surface area contributed by atoms with Gasteiger partial charge in [-0.3, -0.25) is 0 Å². The van der Waals surface area contributed by atoms with Crippen LogP contribution >= 0.6 is 0 Å². The summed E-state index contributed by atoms with van der Waals surface area (Å²) in [5, 5.41) is 4.70. The number of rotatable bonds is 5. The zero-order valence-electron chi connectivity index (χ0n) is 10.9. The van der Waals surface area contributed by atoms with E-state index in [0.29, 0.717) is 12.0 Å². The van der Waals surface area contributed by atoms with Crippen molar-refractivity contribution in [2.24, 2.45) is 5.92 Å². The number of fused-ring (bicyclic) bond motifs is 1. The molecule has 0 aliphatic heterocycles. The van der Waals surface area contributed by atoms with Gasteiger partial charge in [-0.25, -0.2) is 0 Å². The lowest BCUT2D eigenvalue weighted by Crippen LogP contribution is -2.31. The van der Waals surface area contributed by atoms with Gasteiger partial charge in [-0.05, 0) is 25.0 Å². The van der Waals surface area contributed by atoms with Gasteiger partial charge in [0.1, 0.15) is 11.3 Å². The Morgan fingerprint density at radius 1 is 1.24 bits per heavy atom. The van der Waals surface area contributed by atoms with Gasteiger partial charge in [-0.1, -0.05) is 38.5 Å². The van der Waals surface area contributed by atoms with Crippen molar-refractivity contribution in [3.63, 3.8) is 0 Å². The highest BCUT2D eigenvalue weighted by Gasteiger charge is 2.10. The van der Waals surface area contributed by atoms with Gasteiger partial charge in [-0.2, -0.15) is 0 Å². The van der Waals surface area contributed by atoms with Gasteiger partial charge in [0.15, 0.2) is 0 Å².